The van der Waals surface area contributed by atoms with Gasteiger partial charge in [0.05, 0.1) is 52.9 Å². The quantitative estimate of drug-likeness (QED) is 0.120. The molecule has 3 radical (unpaired) electrons. The highest BCUT2D eigenvalue weighted by Crippen LogP contribution is 2.25. The molecule has 0 bridgehead atoms. The maximum atomic E-state index is 11.9. The van der Waals surface area contributed by atoms with Crippen molar-refractivity contribution in [1.82, 2.24) is 34.6 Å². The number of nitrogens with zero attached hydrogens (tertiary/aromatic N) is 7. The Balaban J connectivity index is 0.000000986. The molecule has 28 heteroatoms. The van der Waals surface area contributed by atoms with Crippen LogP contribution in [0.25, 0.3) is 0 Å². The number of carbonyl (C=O) groups is 4. The van der Waals surface area contributed by atoms with E-state index in [-0.39, 0.29) is 45.0 Å². The minimum absolute atomic E-state index is 0. The Morgan fingerprint density at radius 3 is 1.20 bits per heavy atom. The van der Waals surface area contributed by atoms with Gasteiger partial charge in [-0.3, -0.25) is 29.2 Å². The molecule has 5 saturated heterocycles. The number of pyridine rings is 4. The van der Waals surface area contributed by atoms with E-state index in [0.717, 1.165) is 73.9 Å². The van der Waals surface area contributed by atoms with Gasteiger partial charge in [-0.05, 0) is 211 Å². The van der Waals surface area contributed by atoms with Gasteiger partial charge in [0.15, 0.2) is 0 Å². The van der Waals surface area contributed by atoms with E-state index < -0.39 is 42.1 Å². The Kier molecular flexibility index (Phi) is 40.0. The van der Waals surface area contributed by atoms with Crippen LogP contribution in [0.4, 0.5) is 18.8 Å². The van der Waals surface area contributed by atoms with Crippen LogP contribution in [0, 0.1) is 0 Å². The summed E-state index contributed by atoms with van der Waals surface area (Å²) in [6, 6.07) is 6.56. The van der Waals surface area contributed by atoms with Crippen molar-refractivity contribution >= 4 is 112 Å². The van der Waals surface area contributed by atoms with Crippen molar-refractivity contribution in [2.75, 3.05) is 73.5 Å². The van der Waals surface area contributed by atoms with E-state index in [1.54, 1.807) is 87.1 Å². The molecule has 85 heavy (non-hydrogen) atoms. The second-order valence-electron chi connectivity index (χ2n) is 21.2. The number of aliphatic hydroxyl groups is 1. The van der Waals surface area contributed by atoms with Gasteiger partial charge in [-0.2, -0.15) is 0 Å². The maximum Gasteiger partial charge on any atom is 0.411 e. The smallest absolute Gasteiger partial charge is 0.411 e. The molecule has 0 saturated carbocycles. The van der Waals surface area contributed by atoms with E-state index in [2.05, 4.69) is 99.6 Å². The molecule has 5 aliphatic heterocycles. The number of hydrogen-bond donors (Lipinski definition) is 3. The summed E-state index contributed by atoms with van der Waals surface area (Å²) in [7, 11) is 0.615. The molecule has 3 N–H and O–H groups in total. The number of carboxylic acid groups (broad SMARTS) is 1. The number of rotatable bonds is 6. The lowest BCUT2D eigenvalue weighted by Crippen LogP contribution is -2.56. The summed E-state index contributed by atoms with van der Waals surface area (Å²) in [5.74, 6) is 0.668. The van der Waals surface area contributed by atoms with E-state index in [0.29, 0.717) is 31.9 Å². The summed E-state index contributed by atoms with van der Waals surface area (Å²) in [5.41, 5.74) is -1.49. The molecule has 5 aliphatic rings. The summed E-state index contributed by atoms with van der Waals surface area (Å²) in [4.78, 5) is 65.3. The van der Waals surface area contributed by atoms with Crippen molar-refractivity contribution in [3.05, 3.63) is 96.2 Å². The van der Waals surface area contributed by atoms with E-state index in [9.17, 15) is 23.6 Å². The lowest BCUT2D eigenvalue weighted by molar-refractivity contribution is -0.147. The molecule has 0 unspecified atom stereocenters. The zero-order valence-corrected chi connectivity index (χ0v) is 57.9. The number of ether oxygens (including phenoxy) is 7. The molecule has 3 atom stereocenters. The van der Waals surface area contributed by atoms with Crippen LogP contribution in [0.5, 0.6) is 17.2 Å². The Hall–Kier alpha value is -4.45. The maximum absolute atomic E-state index is 11.9. The number of hydrogen-bond acceptors (Lipinski definition) is 17. The minimum Gasteiger partial charge on any atom is -0.506 e. The summed E-state index contributed by atoms with van der Waals surface area (Å²) in [6.45, 7) is 22.7. The van der Waals surface area contributed by atoms with Gasteiger partial charge in [-0.15, -0.1) is 0 Å². The average Bonchev–Trinajstić information content (AvgIpc) is 3.69. The van der Waals surface area contributed by atoms with Crippen LogP contribution in [0.15, 0.2) is 96.2 Å². The summed E-state index contributed by atoms with van der Waals surface area (Å²) in [6.07, 6.45) is 19.5. The first-order chi connectivity index (χ1) is 39.9. The molecule has 475 valence electrons. The lowest BCUT2D eigenvalue weighted by Gasteiger charge is -2.40. The molecule has 3 amide bonds. The van der Waals surface area contributed by atoms with Crippen LogP contribution in [0.3, 0.4) is 0 Å². The van der Waals surface area contributed by atoms with Crippen molar-refractivity contribution in [2.24, 2.45) is 0 Å². The van der Waals surface area contributed by atoms with Crippen molar-refractivity contribution in [3.63, 3.8) is 0 Å². The first kappa shape index (κ1) is 78.6. The number of carboxylic acids is 1. The standard InChI is InChI=1S/C14H19BrN2O3.C9H15NO4.C9H17NO3.C6H6BrNO.C5H3Br2N.C5H4BrNO.2C4H8O.CH3F.B/c1-14(2,3)20-13(18)17-5-4-11(17)9-19-12-6-10(15)7-16-8-12;1-9(2,3)14-8(13)10-5-4-6(10)7(11)12;1-9(2,3)13-8(12)10-5-4-7(10)6-11;1-9-6-2-5(7)3-8-4-6;6-4-1-5(7)3-8-2-4;6-4-1-5(8)3-7-2-4;2*1-2-4-5-3-1;1-2;/h6-8,11H,4-5,9H2,1-3H3;6H,4-5H2,1-3H3,(H,11,12);7,11H,4-6H2,1-3H3;2-4H,1H3;1-3H;1-3,8H;2*1-4H2;1H3;/t11-;6-;7-;;;;;;;/m000......./s1/i;;;;;;;;1D;. The number of likely N-dealkylation sites (tertiary alicyclic amines) is 3. The monoisotopic (exact) mass is 1520 g/mol. The predicted octanol–water partition coefficient (Wildman–Crippen LogP) is 13.1. The largest absolute Gasteiger partial charge is 0.506 e. The third-order valence-electron chi connectivity index (χ3n) is 10.7. The molecule has 5 fully saturated rings. The van der Waals surface area contributed by atoms with Gasteiger partial charge in [0, 0.05) is 108 Å². The number of carbonyl (C=O) groups excluding carboxylic acids is 3. The SMILES string of the molecule is Brc1cncc(Br)c1.C1CCOC1.C1CCOC1.CC(C)(C)OC(=O)N1CC[C@H]1C(=O)O.CC(C)(C)OC(=O)N1CC[C@H]1CO.CC(C)(C)OC(=O)N1CC[C@H]1COc1cncc(Br)c1.COc1cncc(Br)c1.Oc1cncc(Br)c1.[2H]CF.[B]. The number of amides is 3. The molecule has 4 aromatic heterocycles. The molecule has 9 rings (SSSR count). The van der Waals surface area contributed by atoms with Crippen molar-refractivity contribution in [3.8, 4) is 17.2 Å². The van der Waals surface area contributed by atoms with Crippen LogP contribution in [0.2, 0.25) is 0 Å². The Bertz CT molecular complexity index is 2450. The van der Waals surface area contributed by atoms with Gasteiger partial charge in [-0.25, -0.2) is 19.2 Å². The first-order valence-electron chi connectivity index (χ1n) is 27.4. The van der Waals surface area contributed by atoms with E-state index in [1.807, 2.05) is 59.7 Å². The Morgan fingerprint density at radius 1 is 0.588 bits per heavy atom. The third-order valence-corrected chi connectivity index (χ3v) is 12.9. The summed E-state index contributed by atoms with van der Waals surface area (Å²) >= 11 is 16.3. The van der Waals surface area contributed by atoms with Gasteiger partial charge >= 0.3 is 24.2 Å². The number of methoxy groups -OCH3 is 1. The van der Waals surface area contributed by atoms with Crippen molar-refractivity contribution < 1.29 is 73.4 Å². The second kappa shape index (κ2) is 43.2. The van der Waals surface area contributed by atoms with E-state index in [1.165, 1.54) is 36.8 Å². The lowest BCUT2D eigenvalue weighted by atomic mass is 10.0. The number of aromatic nitrogens is 4. The highest BCUT2D eigenvalue weighted by Gasteiger charge is 2.40. The van der Waals surface area contributed by atoms with Crippen molar-refractivity contribution in [2.45, 2.75) is 142 Å². The molecule has 9 heterocycles. The zero-order valence-electron chi connectivity index (χ0n) is 51.0. The average molecular weight is 1520 g/mol. The fraction of sp³-hybridized carbons (Fsp3) is 0.579. The fourth-order valence-electron chi connectivity index (χ4n) is 6.52. The number of halogens is 6. The zero-order chi connectivity index (χ0) is 64.2. The van der Waals surface area contributed by atoms with Gasteiger partial charge in [0.1, 0.15) is 46.7 Å². The van der Waals surface area contributed by atoms with Crippen LogP contribution in [-0.2, 0) is 28.5 Å². The van der Waals surface area contributed by atoms with E-state index >= 15 is 0 Å². The van der Waals surface area contributed by atoms with Crippen LogP contribution < -0.4 is 9.47 Å². The van der Waals surface area contributed by atoms with Gasteiger partial charge < -0.3 is 58.3 Å². The van der Waals surface area contributed by atoms with Gasteiger partial charge in [0.2, 0.25) is 0 Å². The fourth-order valence-corrected chi connectivity index (χ4v) is 8.60. The normalized spacial score (nSPS) is 17.0. The van der Waals surface area contributed by atoms with Gasteiger partial charge in [-0.1, -0.05) is 0 Å². The third kappa shape index (κ3) is 37.8. The molecule has 21 nitrogen and oxygen atoms in total. The molecule has 0 aromatic carbocycles. The predicted molar refractivity (Wildman–Crippen MR) is 341 cm³/mol. The summed E-state index contributed by atoms with van der Waals surface area (Å²) in [5, 5.41) is 26.3. The first-order valence-corrected chi connectivity index (χ1v) is 30.7. The topological polar surface area (TPSA) is 255 Å². The van der Waals surface area contributed by atoms with Crippen LogP contribution in [-0.4, -0.2) is 191 Å². The van der Waals surface area contributed by atoms with Gasteiger partial charge in [0.25, 0.3) is 0 Å². The van der Waals surface area contributed by atoms with Crippen LogP contribution >= 0.6 is 79.6 Å². The Morgan fingerprint density at radius 2 is 0.941 bits per heavy atom. The van der Waals surface area contributed by atoms with Crippen LogP contribution in [0.1, 0.15) is 109 Å². The molecule has 0 spiro atoms. The summed E-state index contributed by atoms with van der Waals surface area (Å²) < 4.78 is 56.1. The molecular weight excluding hydrogens is 1440 g/mol. The highest BCUT2D eigenvalue weighted by atomic mass is 79.9. The number of alkyl halides is 1. The van der Waals surface area contributed by atoms with E-state index in [4.69, 9.17) is 49.8 Å². The number of aliphatic carboxylic acids is 1. The molecule has 0 aliphatic carbocycles. The molecule has 4 aromatic rings. The van der Waals surface area contributed by atoms with Crippen molar-refractivity contribution in [1.29, 1.82) is 0 Å². The second-order valence-corrected chi connectivity index (χ2v) is 25.8. The number of aromatic hydroxyl groups is 1. The Labute approximate surface area is 545 Å². The minimum atomic E-state index is -1.00. The molecular formula is C57H83BBr5FN7O14. The highest BCUT2D eigenvalue weighted by molar-refractivity contribution is 9.11. The number of aliphatic hydroxyl groups excluding tert-OH is 1.